The van der Waals surface area contributed by atoms with E-state index < -0.39 is 41.4 Å². The van der Waals surface area contributed by atoms with Gasteiger partial charge in [0.05, 0.1) is 32.8 Å². The van der Waals surface area contributed by atoms with Crippen molar-refractivity contribution in [3.8, 4) is 5.75 Å². The Kier molecular flexibility index (Phi) is 13.7. The maximum absolute atomic E-state index is 13.5. The second-order valence-corrected chi connectivity index (χ2v) is 12.8. The van der Waals surface area contributed by atoms with E-state index in [1.54, 1.807) is 0 Å². The van der Waals surface area contributed by atoms with Crippen LogP contribution in [0.2, 0.25) is 0 Å². The fourth-order valence-corrected chi connectivity index (χ4v) is 5.34. The van der Waals surface area contributed by atoms with Gasteiger partial charge in [-0.3, -0.25) is 14.4 Å². The van der Waals surface area contributed by atoms with Gasteiger partial charge in [-0.25, -0.2) is 8.78 Å². The van der Waals surface area contributed by atoms with E-state index in [-0.39, 0.29) is 73.6 Å². The third-order valence-electron chi connectivity index (χ3n) is 6.69. The van der Waals surface area contributed by atoms with E-state index in [1.165, 1.54) is 0 Å². The summed E-state index contributed by atoms with van der Waals surface area (Å²) in [5.41, 5.74) is 0.0783. The summed E-state index contributed by atoms with van der Waals surface area (Å²) in [5.74, 6) is -9.60. The highest BCUT2D eigenvalue weighted by Crippen LogP contribution is 2.35. The van der Waals surface area contributed by atoms with Gasteiger partial charge in [0, 0.05) is 31.0 Å². The highest BCUT2D eigenvalue weighted by atomic mass is 19.2. The Balaban J connectivity index is 1.52. The Morgan fingerprint density at radius 3 is 1.74 bits per heavy atom. The Morgan fingerprint density at radius 2 is 1.24 bits per heavy atom. The number of carbonyl (C=O) groups is 3. The number of hydrogen-bond donors (Lipinski definition) is 2. The number of amides is 2. The number of benzene rings is 1. The molecule has 1 fully saturated rings. The van der Waals surface area contributed by atoms with Gasteiger partial charge in [0.15, 0.2) is 11.6 Å². The molecule has 238 valence electrons. The van der Waals surface area contributed by atoms with Crippen LogP contribution in [0.15, 0.2) is 6.07 Å². The van der Waals surface area contributed by atoms with Crippen molar-refractivity contribution >= 4 is 17.8 Å². The van der Waals surface area contributed by atoms with Crippen molar-refractivity contribution in [2.24, 2.45) is 10.8 Å². The molecule has 42 heavy (non-hydrogen) atoms. The number of nitrogens with one attached hydrogen (secondary N) is 2. The van der Waals surface area contributed by atoms with Crippen molar-refractivity contribution in [1.82, 2.24) is 10.6 Å². The van der Waals surface area contributed by atoms with E-state index in [1.807, 2.05) is 0 Å². The Bertz CT molecular complexity index is 1040. The monoisotopic (exact) mass is 604 g/mol. The standard InChI is InChI=1S/C30H44F4N2O6/c1-29(2,3)18-30(4,5)17-24(38)36-20-8-6-19(7-9-20)35-23(37)10-12-40-14-15-41-13-11-25(39)42-28-26(33)21(31)16-22(32)27(28)34/h16,19-20H,6-15,17-18H2,1-5H3,(H,35,37)(H,36,38). The molecule has 1 aromatic rings. The van der Waals surface area contributed by atoms with Crippen molar-refractivity contribution in [2.45, 2.75) is 98.1 Å². The van der Waals surface area contributed by atoms with Crippen LogP contribution >= 0.6 is 0 Å². The van der Waals surface area contributed by atoms with Crippen LogP contribution in [0.1, 0.15) is 86.0 Å². The summed E-state index contributed by atoms with van der Waals surface area (Å²) >= 11 is 0. The first-order chi connectivity index (χ1) is 19.6. The van der Waals surface area contributed by atoms with Crippen LogP contribution in [0.5, 0.6) is 5.75 Å². The summed E-state index contributed by atoms with van der Waals surface area (Å²) in [6.07, 6.45) is 4.36. The molecule has 12 heteroatoms. The average molecular weight is 605 g/mol. The quantitative estimate of drug-likeness (QED) is 0.0919. The predicted octanol–water partition coefficient (Wildman–Crippen LogP) is 5.36. The van der Waals surface area contributed by atoms with E-state index in [2.05, 4.69) is 50.0 Å². The van der Waals surface area contributed by atoms with Crippen LogP contribution < -0.4 is 15.4 Å². The molecular formula is C30H44F4N2O6. The third kappa shape index (κ3) is 13.1. The lowest BCUT2D eigenvalue weighted by Gasteiger charge is -2.33. The van der Waals surface area contributed by atoms with Crippen molar-refractivity contribution in [1.29, 1.82) is 0 Å². The van der Waals surface area contributed by atoms with Gasteiger partial charge in [-0.05, 0) is 42.9 Å². The van der Waals surface area contributed by atoms with Crippen LogP contribution in [0.3, 0.4) is 0 Å². The van der Waals surface area contributed by atoms with Crippen molar-refractivity contribution < 1.29 is 46.2 Å². The van der Waals surface area contributed by atoms with Gasteiger partial charge in [0.1, 0.15) is 0 Å². The molecular weight excluding hydrogens is 560 g/mol. The lowest BCUT2D eigenvalue weighted by atomic mass is 9.74. The summed E-state index contributed by atoms with van der Waals surface area (Å²) in [4.78, 5) is 36.5. The van der Waals surface area contributed by atoms with Crippen molar-refractivity contribution in [2.75, 3.05) is 26.4 Å². The SMILES string of the molecule is CC(C)(C)CC(C)(C)CC(=O)NC1CCC(NC(=O)CCOCCOCCC(=O)Oc2c(F)c(F)cc(F)c2F)CC1. The van der Waals surface area contributed by atoms with E-state index in [9.17, 15) is 31.9 Å². The largest absolute Gasteiger partial charge is 0.420 e. The van der Waals surface area contributed by atoms with Crippen LogP contribution in [-0.2, 0) is 23.9 Å². The minimum atomic E-state index is -1.80. The molecule has 1 saturated carbocycles. The summed E-state index contributed by atoms with van der Waals surface area (Å²) in [6.45, 7) is 11.0. The zero-order valence-corrected chi connectivity index (χ0v) is 25.2. The van der Waals surface area contributed by atoms with Crippen molar-refractivity contribution in [3.63, 3.8) is 0 Å². The lowest BCUT2D eigenvalue weighted by molar-refractivity contribution is -0.136. The Morgan fingerprint density at radius 1 is 0.762 bits per heavy atom. The second-order valence-electron chi connectivity index (χ2n) is 12.8. The van der Waals surface area contributed by atoms with E-state index in [0.29, 0.717) is 6.42 Å². The van der Waals surface area contributed by atoms with Crippen LogP contribution in [0, 0.1) is 34.1 Å². The van der Waals surface area contributed by atoms with Crippen LogP contribution in [0.25, 0.3) is 0 Å². The first-order valence-corrected chi connectivity index (χ1v) is 14.3. The summed E-state index contributed by atoms with van der Waals surface area (Å²) < 4.78 is 68.3. The molecule has 1 aromatic carbocycles. The van der Waals surface area contributed by atoms with Gasteiger partial charge in [0.25, 0.3) is 0 Å². The van der Waals surface area contributed by atoms with Crippen LogP contribution in [0.4, 0.5) is 17.6 Å². The highest BCUT2D eigenvalue weighted by molar-refractivity contribution is 5.77. The number of carbonyl (C=O) groups excluding carboxylic acids is 3. The molecule has 1 aliphatic carbocycles. The molecule has 0 radical (unpaired) electrons. The average Bonchev–Trinajstić information content (AvgIpc) is 2.86. The molecule has 2 N–H and O–H groups in total. The molecule has 0 aliphatic heterocycles. The second kappa shape index (κ2) is 16.2. The molecule has 0 unspecified atom stereocenters. The fourth-order valence-electron chi connectivity index (χ4n) is 5.34. The van der Waals surface area contributed by atoms with Gasteiger partial charge in [-0.15, -0.1) is 0 Å². The summed E-state index contributed by atoms with van der Waals surface area (Å²) in [6, 6.07) is 0.184. The summed E-state index contributed by atoms with van der Waals surface area (Å²) in [7, 11) is 0. The lowest BCUT2D eigenvalue weighted by Crippen LogP contribution is -2.44. The normalized spacial score (nSPS) is 17.5. The number of halogens is 4. The maximum Gasteiger partial charge on any atom is 0.313 e. The van der Waals surface area contributed by atoms with Gasteiger partial charge in [-0.1, -0.05) is 34.6 Å². The maximum atomic E-state index is 13.5. The zero-order valence-electron chi connectivity index (χ0n) is 25.2. The molecule has 2 rings (SSSR count). The fraction of sp³-hybridized carbons (Fsp3) is 0.700. The zero-order chi connectivity index (χ0) is 31.5. The first kappa shape index (κ1) is 35.5. The molecule has 0 bridgehead atoms. The van der Waals surface area contributed by atoms with Gasteiger partial charge < -0.3 is 24.8 Å². The van der Waals surface area contributed by atoms with Crippen molar-refractivity contribution in [3.05, 3.63) is 29.3 Å². The van der Waals surface area contributed by atoms with Crippen LogP contribution in [-0.4, -0.2) is 56.3 Å². The smallest absolute Gasteiger partial charge is 0.313 e. The summed E-state index contributed by atoms with van der Waals surface area (Å²) in [5, 5.41) is 6.16. The molecule has 8 nitrogen and oxygen atoms in total. The molecule has 0 aromatic heterocycles. The predicted molar refractivity (Wildman–Crippen MR) is 148 cm³/mol. The van der Waals surface area contributed by atoms with E-state index >= 15 is 0 Å². The van der Waals surface area contributed by atoms with E-state index in [4.69, 9.17) is 9.47 Å². The number of hydrogen-bond acceptors (Lipinski definition) is 6. The minimum absolute atomic E-state index is 0.0133. The number of rotatable bonds is 15. The van der Waals surface area contributed by atoms with Gasteiger partial charge in [-0.2, -0.15) is 8.78 Å². The number of ether oxygens (including phenoxy) is 3. The molecule has 0 heterocycles. The highest BCUT2D eigenvalue weighted by Gasteiger charge is 2.30. The Labute approximate surface area is 245 Å². The third-order valence-corrected chi connectivity index (χ3v) is 6.69. The molecule has 0 atom stereocenters. The van der Waals surface area contributed by atoms with Gasteiger partial charge in [0.2, 0.25) is 29.2 Å². The first-order valence-electron chi connectivity index (χ1n) is 14.3. The Hall–Kier alpha value is -2.73. The molecule has 1 aliphatic rings. The molecule has 2 amide bonds. The van der Waals surface area contributed by atoms with Gasteiger partial charge >= 0.3 is 5.97 Å². The minimum Gasteiger partial charge on any atom is -0.420 e. The topological polar surface area (TPSA) is 103 Å². The molecule has 0 saturated heterocycles. The van der Waals surface area contributed by atoms with E-state index in [0.717, 1.165) is 32.1 Å². The molecule has 0 spiro atoms. The number of esters is 1.